The van der Waals surface area contributed by atoms with E-state index in [9.17, 15) is 0 Å². The summed E-state index contributed by atoms with van der Waals surface area (Å²) in [5.41, 5.74) is 4.02. The minimum Gasteiger partial charge on any atom is -0.467 e. The number of rotatable bonds is 44. The summed E-state index contributed by atoms with van der Waals surface area (Å²) in [4.78, 5) is 10.0. The van der Waals surface area contributed by atoms with E-state index in [4.69, 9.17) is 75.7 Å². The van der Waals surface area contributed by atoms with Gasteiger partial charge in [0.25, 0.3) is 0 Å². The average molecular weight is 1240 g/mol. The van der Waals surface area contributed by atoms with Gasteiger partial charge in [0.15, 0.2) is 43.8 Å². The molecule has 0 heterocycles. The van der Waals surface area contributed by atoms with Crippen molar-refractivity contribution in [2.45, 2.75) is 142 Å². The fourth-order valence-corrected chi connectivity index (χ4v) is 10.1. The van der Waals surface area contributed by atoms with E-state index in [-0.39, 0.29) is 55.4 Å². The Morgan fingerprint density at radius 2 is 0.826 bits per heavy atom. The van der Waals surface area contributed by atoms with Gasteiger partial charge in [0, 0.05) is 76.8 Å². The fourth-order valence-electron chi connectivity index (χ4n) is 8.06. The Hall–Kier alpha value is -4.59. The molecule has 484 valence electrons. The number of ether oxygens (including phenoxy) is 12. The van der Waals surface area contributed by atoms with E-state index in [0.717, 1.165) is 60.5 Å². The van der Waals surface area contributed by atoms with E-state index in [1.807, 2.05) is 91.3 Å². The van der Waals surface area contributed by atoms with Gasteiger partial charge in [0.05, 0.1) is 71.5 Å². The van der Waals surface area contributed by atoms with Gasteiger partial charge in [-0.3, -0.25) is 9.98 Å². The number of hydrogen-bond acceptors (Lipinski definition) is 17. The summed E-state index contributed by atoms with van der Waals surface area (Å²) < 4.78 is 79.4. The second-order valence-electron chi connectivity index (χ2n) is 23.9. The van der Waals surface area contributed by atoms with Gasteiger partial charge in [-0.05, 0) is 110 Å². The molecule has 19 heteroatoms. The zero-order valence-electron chi connectivity index (χ0n) is 55.2. The molecule has 0 saturated carbocycles. The third-order valence-corrected chi connectivity index (χ3v) is 24.6. The second-order valence-corrected chi connectivity index (χ2v) is 33.5. The molecule has 0 saturated heterocycles. The van der Waals surface area contributed by atoms with Crippen LogP contribution in [-0.4, -0.2) is 169 Å². The van der Waals surface area contributed by atoms with Crippen LogP contribution >= 0.6 is 0 Å². The Morgan fingerprint density at radius 1 is 0.453 bits per heavy atom. The summed E-state index contributed by atoms with van der Waals surface area (Å²) in [5.74, 6) is 3.41. The van der Waals surface area contributed by atoms with Crippen LogP contribution in [0.2, 0.25) is 36.3 Å². The molecule has 4 aromatic carbocycles. The average Bonchev–Trinajstić information content (AvgIpc) is 2.73. The van der Waals surface area contributed by atoms with E-state index in [1.165, 1.54) is 5.56 Å². The SMILES string of the molecule is CC[C@H](N=Cc1ccccc1OCOCCOC)[C@H](CO[Si](C)(C)C(C)(C)C)N=Cc1ccccc1OCOCCOC.CC[C@H](NCc1ccccc1OCOCCOC)[C@@H](CCc1ccccc1OCOCCOC)CO[Si](C)(C)C(C)(C)C. The molecule has 1 N–H and O–H groups in total. The van der Waals surface area contributed by atoms with E-state index >= 15 is 0 Å². The molecule has 0 amide bonds. The van der Waals surface area contributed by atoms with E-state index in [0.29, 0.717) is 83.4 Å². The van der Waals surface area contributed by atoms with Crippen molar-refractivity contribution in [3.63, 3.8) is 0 Å². The molecule has 0 aliphatic rings. The van der Waals surface area contributed by atoms with Gasteiger partial charge >= 0.3 is 0 Å². The van der Waals surface area contributed by atoms with Crippen molar-refractivity contribution in [2.24, 2.45) is 15.9 Å². The van der Waals surface area contributed by atoms with Crippen LogP contribution in [0.1, 0.15) is 96.9 Å². The largest absolute Gasteiger partial charge is 0.467 e. The van der Waals surface area contributed by atoms with Gasteiger partial charge < -0.3 is 71.0 Å². The number of aliphatic imine (C=N–C) groups is 2. The van der Waals surface area contributed by atoms with Crippen molar-refractivity contribution in [3.05, 3.63) is 119 Å². The number of aryl methyl sites for hydroxylation is 1. The van der Waals surface area contributed by atoms with Crippen LogP contribution in [0.25, 0.3) is 0 Å². The second kappa shape index (κ2) is 42.4. The van der Waals surface area contributed by atoms with Gasteiger partial charge in [0.2, 0.25) is 0 Å². The van der Waals surface area contributed by atoms with Crippen molar-refractivity contribution >= 4 is 29.1 Å². The lowest BCUT2D eigenvalue weighted by Gasteiger charge is -2.38. The smallest absolute Gasteiger partial charge is 0.192 e. The minimum absolute atomic E-state index is 0.0805. The lowest BCUT2D eigenvalue weighted by molar-refractivity contribution is -0.00906. The van der Waals surface area contributed by atoms with E-state index < -0.39 is 16.6 Å². The maximum absolute atomic E-state index is 6.81. The first-order valence-electron chi connectivity index (χ1n) is 30.4. The van der Waals surface area contributed by atoms with Crippen LogP contribution in [0.3, 0.4) is 0 Å². The summed E-state index contributed by atoms with van der Waals surface area (Å²) in [7, 11) is 2.67. The first-order chi connectivity index (χ1) is 41.2. The molecular weight excluding hydrogens is 1130 g/mol. The Morgan fingerprint density at radius 3 is 1.24 bits per heavy atom. The molecule has 17 nitrogen and oxygen atoms in total. The summed E-state index contributed by atoms with van der Waals surface area (Å²) in [6.45, 7) is 33.7. The van der Waals surface area contributed by atoms with Crippen molar-refractivity contribution in [3.8, 4) is 23.0 Å². The number of nitrogens with one attached hydrogen (secondary N) is 1. The Kier molecular flexibility index (Phi) is 37.3. The van der Waals surface area contributed by atoms with Crippen LogP contribution in [0.15, 0.2) is 107 Å². The fraction of sp³-hybridized carbons (Fsp3) is 0.612. The molecule has 86 heavy (non-hydrogen) atoms. The van der Waals surface area contributed by atoms with Gasteiger partial charge in [-0.25, -0.2) is 0 Å². The molecule has 4 aromatic rings. The predicted octanol–water partition coefficient (Wildman–Crippen LogP) is 13.2. The zero-order chi connectivity index (χ0) is 63.1. The lowest BCUT2D eigenvalue weighted by atomic mass is 9.91. The first kappa shape index (κ1) is 75.7. The number of hydrogen-bond donors (Lipinski definition) is 1. The molecular formula is C67H109N3O14Si2. The number of para-hydroxylation sites is 4. The Balaban J connectivity index is 0.000000450. The molecule has 0 fully saturated rings. The monoisotopic (exact) mass is 1240 g/mol. The first-order valence-corrected chi connectivity index (χ1v) is 36.3. The number of nitrogens with zero attached hydrogens (tertiary/aromatic N) is 2. The van der Waals surface area contributed by atoms with Gasteiger partial charge in [-0.2, -0.15) is 0 Å². The standard InChI is InChI=1S/C34H57NO7Si.C33H52N2O7Si/c1-9-31(35-24-29-15-11-13-17-33(29)41-27-39-23-21-37-6)30(25-42-43(7,8)34(2,3)4)19-18-28-14-10-12-16-32(28)40-26-38-22-20-36-5;1-9-29(34-22-27-14-10-12-16-31(27)40-25-38-20-18-36-5)30(24-42-43(7,8)33(2,3)4)35-23-28-15-11-13-17-32(28)41-26-39-21-19-37-6/h10-17,30-31,35H,9,18-27H2,1-8H3;10-17,22-23,29-30H,9,18-21,24-26H2,1-8H3/t30-,31-;29-,30-/m00/s1. The predicted molar refractivity (Wildman–Crippen MR) is 351 cm³/mol. The third-order valence-electron chi connectivity index (χ3n) is 15.6. The van der Waals surface area contributed by atoms with Crippen LogP contribution in [0, 0.1) is 5.92 Å². The Bertz CT molecular complexity index is 2450. The summed E-state index contributed by atoms with van der Waals surface area (Å²) in [6, 6.07) is 31.9. The molecule has 0 spiro atoms. The van der Waals surface area contributed by atoms with Crippen LogP contribution in [0.5, 0.6) is 23.0 Å². The summed E-state index contributed by atoms with van der Waals surface area (Å²) in [5, 5.41) is 4.08. The van der Waals surface area contributed by atoms with Crippen molar-refractivity contribution in [2.75, 3.05) is 122 Å². The molecule has 0 aliphatic heterocycles. The molecule has 0 radical (unpaired) electrons. The minimum atomic E-state index is -2.01. The normalized spacial score (nSPS) is 13.8. The highest BCUT2D eigenvalue weighted by Crippen LogP contribution is 2.38. The van der Waals surface area contributed by atoms with Crippen molar-refractivity contribution in [1.82, 2.24) is 5.32 Å². The molecule has 0 unspecified atom stereocenters. The molecule has 4 atom stereocenters. The summed E-state index contributed by atoms with van der Waals surface area (Å²) >= 11 is 0. The van der Waals surface area contributed by atoms with Crippen LogP contribution in [-0.2, 0) is 59.7 Å². The molecule has 0 aliphatic carbocycles. The van der Waals surface area contributed by atoms with Gasteiger partial charge in [-0.15, -0.1) is 0 Å². The highest BCUT2D eigenvalue weighted by Gasteiger charge is 2.39. The number of methoxy groups -OCH3 is 4. The summed E-state index contributed by atoms with van der Waals surface area (Å²) in [6.07, 6.45) is 7.35. The van der Waals surface area contributed by atoms with Gasteiger partial charge in [-0.1, -0.05) is 116 Å². The van der Waals surface area contributed by atoms with Crippen LogP contribution in [0.4, 0.5) is 0 Å². The quantitative estimate of drug-likeness (QED) is 0.0192. The zero-order valence-corrected chi connectivity index (χ0v) is 57.2. The lowest BCUT2D eigenvalue weighted by Crippen LogP contribution is -2.45. The van der Waals surface area contributed by atoms with E-state index in [2.05, 4.69) is 105 Å². The molecule has 0 aromatic heterocycles. The maximum atomic E-state index is 6.81. The highest BCUT2D eigenvalue weighted by atomic mass is 28.4. The maximum Gasteiger partial charge on any atom is 0.192 e. The highest BCUT2D eigenvalue weighted by molar-refractivity contribution is 6.74. The third kappa shape index (κ3) is 29.2. The topological polar surface area (TPSA) is 166 Å². The van der Waals surface area contributed by atoms with Crippen molar-refractivity contribution < 1.29 is 65.7 Å². The van der Waals surface area contributed by atoms with Gasteiger partial charge in [0.1, 0.15) is 23.0 Å². The van der Waals surface area contributed by atoms with E-state index in [1.54, 1.807) is 28.4 Å². The van der Waals surface area contributed by atoms with Crippen molar-refractivity contribution in [1.29, 1.82) is 0 Å². The van der Waals surface area contributed by atoms with Crippen LogP contribution < -0.4 is 24.3 Å². The Labute approximate surface area is 519 Å². The molecule has 4 rings (SSSR count). The molecule has 0 bridgehead atoms. The number of benzene rings is 4.